The summed E-state index contributed by atoms with van der Waals surface area (Å²) in [5.41, 5.74) is 2.03. The molecular formula is C26H26ClN3O3. The molecule has 3 amide bonds. The maximum atomic E-state index is 13.6. The topological polar surface area (TPSA) is 69.7 Å². The molecule has 3 aromatic carbocycles. The highest BCUT2D eigenvalue weighted by Gasteiger charge is 2.34. The van der Waals surface area contributed by atoms with Crippen molar-refractivity contribution in [3.8, 4) is 0 Å². The molecule has 0 saturated heterocycles. The van der Waals surface area contributed by atoms with Crippen LogP contribution in [-0.2, 0) is 16.1 Å². The van der Waals surface area contributed by atoms with Crippen molar-refractivity contribution < 1.29 is 14.4 Å². The summed E-state index contributed by atoms with van der Waals surface area (Å²) in [6.07, 6.45) is 0.793. The summed E-state index contributed by atoms with van der Waals surface area (Å²) in [6.45, 7) is 4.19. The normalized spacial score (nSPS) is 13.3. The molecule has 0 radical (unpaired) electrons. The van der Waals surface area contributed by atoms with Crippen molar-refractivity contribution in [1.29, 1.82) is 0 Å². The number of nitrogens with one attached hydrogen (secondary N) is 1. The standard InChI is InChI=1S/C26H26ClN3O3/c1-3-14-28-25(32)17(2)29(15-19-8-4-5-12-21(19)27)23(31)16-30-22-13-7-10-18-9-6-11-20(24(18)22)26(30)33/h4-13,17H,3,14-16H2,1-2H3,(H,28,32)/t17-/m0/s1. The predicted molar refractivity (Wildman–Crippen MR) is 130 cm³/mol. The first-order valence-corrected chi connectivity index (χ1v) is 11.4. The van der Waals surface area contributed by atoms with E-state index in [1.54, 1.807) is 19.1 Å². The van der Waals surface area contributed by atoms with Gasteiger partial charge < -0.3 is 10.2 Å². The van der Waals surface area contributed by atoms with Gasteiger partial charge in [0.2, 0.25) is 11.8 Å². The molecule has 4 rings (SSSR count). The molecule has 0 aliphatic carbocycles. The zero-order valence-corrected chi connectivity index (χ0v) is 19.4. The van der Waals surface area contributed by atoms with E-state index in [1.165, 1.54) is 9.80 Å². The van der Waals surface area contributed by atoms with Crippen LogP contribution in [0.2, 0.25) is 5.02 Å². The Balaban J connectivity index is 1.63. The number of benzene rings is 3. The molecular weight excluding hydrogens is 438 g/mol. The van der Waals surface area contributed by atoms with Gasteiger partial charge in [-0.2, -0.15) is 0 Å². The first kappa shape index (κ1) is 22.8. The number of rotatable bonds is 8. The highest BCUT2D eigenvalue weighted by Crippen LogP contribution is 2.37. The zero-order valence-electron chi connectivity index (χ0n) is 18.7. The fraction of sp³-hybridized carbons (Fsp3) is 0.269. The molecule has 6 nitrogen and oxygen atoms in total. The fourth-order valence-corrected chi connectivity index (χ4v) is 4.35. The number of anilines is 1. The van der Waals surface area contributed by atoms with Crippen molar-refractivity contribution in [2.75, 3.05) is 18.0 Å². The Morgan fingerprint density at radius 1 is 1.06 bits per heavy atom. The number of hydrogen-bond donors (Lipinski definition) is 1. The lowest BCUT2D eigenvalue weighted by Gasteiger charge is -2.31. The van der Waals surface area contributed by atoms with Crippen LogP contribution < -0.4 is 10.2 Å². The van der Waals surface area contributed by atoms with E-state index in [9.17, 15) is 14.4 Å². The van der Waals surface area contributed by atoms with Crippen molar-refractivity contribution in [2.24, 2.45) is 0 Å². The van der Waals surface area contributed by atoms with Gasteiger partial charge in [-0.1, -0.05) is 61.0 Å². The Morgan fingerprint density at radius 3 is 2.52 bits per heavy atom. The molecule has 0 aromatic heterocycles. The molecule has 0 saturated carbocycles. The summed E-state index contributed by atoms with van der Waals surface area (Å²) in [7, 11) is 0. The third-order valence-corrected chi connectivity index (χ3v) is 6.33. The van der Waals surface area contributed by atoms with E-state index in [0.29, 0.717) is 22.8 Å². The number of carbonyl (C=O) groups excluding carboxylic acids is 3. The van der Waals surface area contributed by atoms with Gasteiger partial charge in [-0.15, -0.1) is 0 Å². The van der Waals surface area contributed by atoms with Crippen molar-refractivity contribution in [3.63, 3.8) is 0 Å². The van der Waals surface area contributed by atoms with Crippen LogP contribution in [0, 0.1) is 0 Å². The third-order valence-electron chi connectivity index (χ3n) is 5.96. The molecule has 170 valence electrons. The summed E-state index contributed by atoms with van der Waals surface area (Å²) in [5, 5.41) is 5.18. The van der Waals surface area contributed by atoms with Crippen LogP contribution in [0.3, 0.4) is 0 Å². The average Bonchev–Trinajstić information content (AvgIpc) is 3.09. The molecule has 0 fully saturated rings. The minimum Gasteiger partial charge on any atom is -0.354 e. The van der Waals surface area contributed by atoms with Crippen LogP contribution in [-0.4, -0.2) is 41.8 Å². The Hall–Kier alpha value is -3.38. The van der Waals surface area contributed by atoms with Gasteiger partial charge in [0, 0.05) is 29.1 Å². The average molecular weight is 464 g/mol. The van der Waals surface area contributed by atoms with Gasteiger partial charge in [0.1, 0.15) is 12.6 Å². The molecule has 1 aliphatic rings. The monoisotopic (exact) mass is 463 g/mol. The molecule has 0 unspecified atom stereocenters. The second-order valence-corrected chi connectivity index (χ2v) is 8.56. The summed E-state index contributed by atoms with van der Waals surface area (Å²) in [5.74, 6) is -0.779. The molecule has 33 heavy (non-hydrogen) atoms. The van der Waals surface area contributed by atoms with Crippen LogP contribution in [0.1, 0.15) is 36.2 Å². The molecule has 3 aromatic rings. The summed E-state index contributed by atoms with van der Waals surface area (Å²) < 4.78 is 0. The quantitative estimate of drug-likeness (QED) is 0.538. The zero-order chi connectivity index (χ0) is 23.5. The molecule has 1 N–H and O–H groups in total. The van der Waals surface area contributed by atoms with Gasteiger partial charge in [-0.25, -0.2) is 0 Å². The highest BCUT2D eigenvalue weighted by atomic mass is 35.5. The molecule has 1 heterocycles. The van der Waals surface area contributed by atoms with Crippen molar-refractivity contribution in [3.05, 3.63) is 76.8 Å². The number of carbonyl (C=O) groups is 3. The van der Waals surface area contributed by atoms with Gasteiger partial charge in [-0.3, -0.25) is 19.3 Å². The molecule has 7 heteroatoms. The van der Waals surface area contributed by atoms with Gasteiger partial charge in [-0.05, 0) is 42.5 Å². The van der Waals surface area contributed by atoms with Crippen LogP contribution in [0.4, 0.5) is 5.69 Å². The Morgan fingerprint density at radius 2 is 1.79 bits per heavy atom. The van der Waals surface area contributed by atoms with E-state index in [1.807, 2.05) is 55.5 Å². The largest absolute Gasteiger partial charge is 0.354 e. The number of nitrogens with zero attached hydrogens (tertiary/aromatic N) is 2. The Labute approximate surface area is 198 Å². The molecule has 0 spiro atoms. The Kier molecular flexibility index (Phi) is 6.65. The maximum Gasteiger partial charge on any atom is 0.259 e. The van der Waals surface area contributed by atoms with E-state index in [-0.39, 0.29) is 30.8 Å². The van der Waals surface area contributed by atoms with Gasteiger partial charge >= 0.3 is 0 Å². The molecule has 1 atom stereocenters. The molecule has 1 aliphatic heterocycles. The lowest BCUT2D eigenvalue weighted by atomic mass is 10.1. The SMILES string of the molecule is CCCNC(=O)[C@H](C)N(Cc1ccccc1Cl)C(=O)CN1C(=O)c2cccc3cccc1c23. The smallest absolute Gasteiger partial charge is 0.259 e. The lowest BCUT2D eigenvalue weighted by Crippen LogP contribution is -2.51. The van der Waals surface area contributed by atoms with E-state index >= 15 is 0 Å². The van der Waals surface area contributed by atoms with Crippen LogP contribution in [0.25, 0.3) is 10.8 Å². The van der Waals surface area contributed by atoms with E-state index in [2.05, 4.69) is 5.32 Å². The van der Waals surface area contributed by atoms with Crippen LogP contribution >= 0.6 is 11.6 Å². The Bertz CT molecular complexity index is 1220. The van der Waals surface area contributed by atoms with Crippen LogP contribution in [0.15, 0.2) is 60.7 Å². The lowest BCUT2D eigenvalue weighted by molar-refractivity contribution is -0.139. The number of halogens is 1. The second-order valence-electron chi connectivity index (χ2n) is 8.15. The minimum absolute atomic E-state index is 0.164. The first-order valence-electron chi connectivity index (χ1n) is 11.1. The summed E-state index contributed by atoms with van der Waals surface area (Å²) in [4.78, 5) is 42.4. The number of amides is 3. The minimum atomic E-state index is -0.726. The highest BCUT2D eigenvalue weighted by molar-refractivity contribution is 6.31. The van der Waals surface area contributed by atoms with Crippen molar-refractivity contribution in [1.82, 2.24) is 10.2 Å². The van der Waals surface area contributed by atoms with Gasteiger partial charge in [0.25, 0.3) is 5.91 Å². The maximum absolute atomic E-state index is 13.6. The third kappa shape index (κ3) is 4.44. The van der Waals surface area contributed by atoms with Gasteiger partial charge in [0.05, 0.1) is 5.69 Å². The van der Waals surface area contributed by atoms with E-state index in [4.69, 9.17) is 11.6 Å². The fourth-order valence-electron chi connectivity index (χ4n) is 4.15. The van der Waals surface area contributed by atoms with Gasteiger partial charge in [0.15, 0.2) is 0 Å². The summed E-state index contributed by atoms with van der Waals surface area (Å²) in [6, 6.07) is 17.8. The predicted octanol–water partition coefficient (Wildman–Crippen LogP) is 4.40. The second kappa shape index (κ2) is 9.63. The van der Waals surface area contributed by atoms with Crippen molar-refractivity contribution >= 4 is 45.8 Å². The number of hydrogen-bond acceptors (Lipinski definition) is 3. The summed E-state index contributed by atoms with van der Waals surface area (Å²) >= 11 is 6.35. The van der Waals surface area contributed by atoms with Crippen molar-refractivity contribution in [2.45, 2.75) is 32.9 Å². The van der Waals surface area contributed by atoms with Crippen LogP contribution in [0.5, 0.6) is 0 Å². The van der Waals surface area contributed by atoms with E-state index < -0.39 is 6.04 Å². The first-order chi connectivity index (χ1) is 15.9. The molecule has 0 bridgehead atoms. The van der Waals surface area contributed by atoms with E-state index in [0.717, 1.165) is 22.8 Å².